The Kier molecular flexibility index (Phi) is 4.16. The van der Waals surface area contributed by atoms with Crippen molar-refractivity contribution in [2.45, 2.75) is 0 Å². The summed E-state index contributed by atoms with van der Waals surface area (Å²) in [5.41, 5.74) is 0. The summed E-state index contributed by atoms with van der Waals surface area (Å²) in [6.45, 7) is 4.07. The molecule has 1 aromatic heterocycles. The molecule has 6 heteroatoms. The Hall–Kier alpha value is -0.630. The minimum Gasteiger partial charge on any atom is -0.467 e. The van der Waals surface area contributed by atoms with Crippen molar-refractivity contribution in [2.24, 2.45) is 0 Å². The van der Waals surface area contributed by atoms with E-state index in [9.17, 15) is 0 Å². The van der Waals surface area contributed by atoms with Crippen LogP contribution in [0.1, 0.15) is 0 Å². The summed E-state index contributed by atoms with van der Waals surface area (Å²) in [6.07, 6.45) is 1.75. The maximum Gasteiger partial charge on any atom is 0.228 e. The lowest BCUT2D eigenvalue weighted by atomic mass is 10.3. The Morgan fingerprint density at radius 3 is 2.81 bits per heavy atom. The summed E-state index contributed by atoms with van der Waals surface area (Å²) >= 11 is 2.16. The van der Waals surface area contributed by atoms with Gasteiger partial charge in [-0.3, -0.25) is 0 Å². The van der Waals surface area contributed by atoms with Crippen molar-refractivity contribution in [3.05, 3.63) is 12.3 Å². The van der Waals surface area contributed by atoms with Crippen LogP contribution in [0.4, 0.5) is 5.95 Å². The quantitative estimate of drug-likeness (QED) is 0.609. The highest BCUT2D eigenvalue weighted by Gasteiger charge is 2.16. The van der Waals surface area contributed by atoms with E-state index in [0.29, 0.717) is 10.5 Å². The molecule has 0 unspecified atom stereocenters. The molecule has 0 N–H and O–H groups in total. The Morgan fingerprint density at radius 1 is 1.38 bits per heavy atom. The minimum absolute atomic E-state index is 0.608. The molecule has 0 bridgehead atoms. The van der Waals surface area contributed by atoms with Gasteiger partial charge in [0, 0.05) is 38.4 Å². The summed E-state index contributed by atoms with van der Waals surface area (Å²) in [6, 6.07) is 1.79. The number of aromatic nitrogens is 2. The predicted molar refractivity (Wildman–Crippen MR) is 71.3 cm³/mol. The SMILES string of the molecule is CN1CCN(c2nccc(OCI)n2)CC1. The molecule has 0 spiro atoms. The standard InChI is InChI=1S/C10H15IN4O/c1-14-4-6-15(7-5-14)10-12-3-2-9(13-10)16-8-11/h2-3H,4-8H2,1H3. The van der Waals surface area contributed by atoms with Crippen LogP contribution < -0.4 is 9.64 Å². The monoisotopic (exact) mass is 334 g/mol. The first-order valence-corrected chi connectivity index (χ1v) is 6.77. The van der Waals surface area contributed by atoms with Gasteiger partial charge in [-0.25, -0.2) is 4.98 Å². The molecule has 5 nitrogen and oxygen atoms in total. The zero-order valence-electron chi connectivity index (χ0n) is 9.27. The predicted octanol–water partition coefficient (Wildman–Crippen LogP) is 1.000. The zero-order valence-corrected chi connectivity index (χ0v) is 11.4. The van der Waals surface area contributed by atoms with Crippen molar-refractivity contribution >= 4 is 28.5 Å². The molecule has 16 heavy (non-hydrogen) atoms. The van der Waals surface area contributed by atoms with E-state index in [-0.39, 0.29) is 0 Å². The van der Waals surface area contributed by atoms with Gasteiger partial charge in [0.2, 0.25) is 11.8 Å². The van der Waals surface area contributed by atoms with E-state index in [1.54, 1.807) is 12.3 Å². The fraction of sp³-hybridized carbons (Fsp3) is 0.600. The Bertz CT molecular complexity index is 341. The van der Waals surface area contributed by atoms with Gasteiger partial charge in [0.15, 0.2) is 0 Å². The number of likely N-dealkylation sites (N-methyl/N-ethyl adjacent to an activating group) is 1. The molecule has 0 atom stereocenters. The van der Waals surface area contributed by atoms with Crippen molar-refractivity contribution in [3.63, 3.8) is 0 Å². The second-order valence-electron chi connectivity index (χ2n) is 3.74. The minimum atomic E-state index is 0.608. The van der Waals surface area contributed by atoms with Crippen LogP contribution in [0.25, 0.3) is 0 Å². The summed E-state index contributed by atoms with van der Waals surface area (Å²) in [7, 11) is 2.13. The van der Waals surface area contributed by atoms with Gasteiger partial charge < -0.3 is 14.5 Å². The van der Waals surface area contributed by atoms with Gasteiger partial charge in [0.25, 0.3) is 0 Å². The highest BCUT2D eigenvalue weighted by atomic mass is 127. The zero-order chi connectivity index (χ0) is 11.4. The third-order valence-corrected chi connectivity index (χ3v) is 2.92. The van der Waals surface area contributed by atoms with Crippen LogP contribution in [-0.2, 0) is 0 Å². The van der Waals surface area contributed by atoms with Gasteiger partial charge in [-0.15, -0.1) is 0 Å². The molecular formula is C10H15IN4O. The number of hydrogen-bond donors (Lipinski definition) is 0. The molecule has 0 amide bonds. The van der Waals surface area contributed by atoms with E-state index in [4.69, 9.17) is 4.74 Å². The maximum absolute atomic E-state index is 5.36. The maximum atomic E-state index is 5.36. The molecule has 0 aliphatic carbocycles. The molecule has 1 aromatic rings. The van der Waals surface area contributed by atoms with E-state index in [2.05, 4.69) is 49.4 Å². The van der Waals surface area contributed by atoms with Crippen molar-refractivity contribution in [1.82, 2.24) is 14.9 Å². The summed E-state index contributed by atoms with van der Waals surface area (Å²) in [5, 5.41) is 0. The first-order chi connectivity index (χ1) is 7.79. The van der Waals surface area contributed by atoms with Gasteiger partial charge in [0.05, 0.1) is 0 Å². The second-order valence-corrected chi connectivity index (χ2v) is 4.36. The Labute approximate surface area is 109 Å². The second kappa shape index (κ2) is 5.62. The number of hydrogen-bond acceptors (Lipinski definition) is 5. The van der Waals surface area contributed by atoms with Gasteiger partial charge in [-0.2, -0.15) is 4.98 Å². The van der Waals surface area contributed by atoms with Crippen molar-refractivity contribution in [3.8, 4) is 5.88 Å². The number of alkyl halides is 1. The van der Waals surface area contributed by atoms with Gasteiger partial charge in [-0.05, 0) is 29.6 Å². The van der Waals surface area contributed by atoms with E-state index < -0.39 is 0 Å². The third-order valence-electron chi connectivity index (χ3n) is 2.61. The highest BCUT2D eigenvalue weighted by molar-refractivity contribution is 14.1. The van der Waals surface area contributed by atoms with Crippen LogP contribution in [0.2, 0.25) is 0 Å². The van der Waals surface area contributed by atoms with Gasteiger partial charge >= 0.3 is 0 Å². The number of piperazine rings is 1. The Balaban J connectivity index is 2.05. The first kappa shape index (κ1) is 11.8. The van der Waals surface area contributed by atoms with Crippen molar-refractivity contribution < 1.29 is 4.74 Å². The number of halogens is 1. The molecule has 0 aromatic carbocycles. The molecule has 2 rings (SSSR count). The van der Waals surface area contributed by atoms with Crippen LogP contribution >= 0.6 is 22.6 Å². The van der Waals surface area contributed by atoms with Crippen LogP contribution in [0, 0.1) is 0 Å². The number of rotatable bonds is 3. The molecule has 2 heterocycles. The first-order valence-electron chi connectivity index (χ1n) is 5.25. The molecule has 1 aliphatic heterocycles. The number of anilines is 1. The smallest absolute Gasteiger partial charge is 0.228 e. The average Bonchev–Trinajstić information content (AvgIpc) is 2.31. The van der Waals surface area contributed by atoms with Crippen LogP contribution in [0.15, 0.2) is 12.3 Å². The van der Waals surface area contributed by atoms with Crippen LogP contribution in [0.5, 0.6) is 5.88 Å². The third kappa shape index (κ3) is 2.94. The highest BCUT2D eigenvalue weighted by Crippen LogP contribution is 2.14. The number of ether oxygens (including phenoxy) is 1. The molecule has 1 fully saturated rings. The molecular weight excluding hydrogens is 319 g/mol. The molecule has 0 saturated carbocycles. The molecule has 88 valence electrons. The van der Waals surface area contributed by atoms with Crippen molar-refractivity contribution in [1.29, 1.82) is 0 Å². The summed E-state index contributed by atoms with van der Waals surface area (Å²) in [4.78, 5) is 13.2. The normalized spacial score (nSPS) is 17.5. The average molecular weight is 334 g/mol. The van der Waals surface area contributed by atoms with Crippen LogP contribution in [0.3, 0.4) is 0 Å². The molecule has 1 aliphatic rings. The lowest BCUT2D eigenvalue weighted by Gasteiger charge is -2.32. The largest absolute Gasteiger partial charge is 0.467 e. The number of nitrogens with zero attached hydrogens (tertiary/aromatic N) is 4. The topological polar surface area (TPSA) is 41.5 Å². The van der Waals surface area contributed by atoms with Crippen LogP contribution in [-0.4, -0.2) is 52.7 Å². The Morgan fingerprint density at radius 2 is 2.12 bits per heavy atom. The van der Waals surface area contributed by atoms with E-state index >= 15 is 0 Å². The van der Waals surface area contributed by atoms with Gasteiger partial charge in [-0.1, -0.05) is 0 Å². The van der Waals surface area contributed by atoms with E-state index in [0.717, 1.165) is 32.1 Å². The van der Waals surface area contributed by atoms with E-state index in [1.165, 1.54) is 0 Å². The summed E-state index contributed by atoms with van der Waals surface area (Å²) in [5.74, 6) is 1.42. The fourth-order valence-corrected chi connectivity index (χ4v) is 1.95. The van der Waals surface area contributed by atoms with Crippen molar-refractivity contribution in [2.75, 3.05) is 42.7 Å². The molecule has 0 radical (unpaired) electrons. The lowest BCUT2D eigenvalue weighted by Crippen LogP contribution is -2.45. The molecule has 1 saturated heterocycles. The fourth-order valence-electron chi connectivity index (χ4n) is 1.63. The summed E-state index contributed by atoms with van der Waals surface area (Å²) < 4.78 is 5.97. The lowest BCUT2D eigenvalue weighted by molar-refractivity contribution is 0.310. The van der Waals surface area contributed by atoms with E-state index in [1.807, 2.05) is 0 Å². The van der Waals surface area contributed by atoms with Gasteiger partial charge in [0.1, 0.15) is 4.61 Å².